The second-order valence-corrected chi connectivity index (χ2v) is 6.18. The minimum Gasteiger partial charge on any atom is -0.326 e. The van der Waals surface area contributed by atoms with Crippen molar-refractivity contribution in [2.45, 2.75) is 12.8 Å². The highest BCUT2D eigenvalue weighted by molar-refractivity contribution is 6.12. The Kier molecular flexibility index (Phi) is 3.90. The first-order valence-electron chi connectivity index (χ1n) is 8.27. The normalized spacial score (nSPS) is 13.4. The summed E-state index contributed by atoms with van der Waals surface area (Å²) in [6, 6.07) is 16.5. The smallest absolute Gasteiger partial charge is 0.257 e. The molecule has 0 aliphatic heterocycles. The molecule has 4 rings (SSSR count). The fourth-order valence-electron chi connectivity index (χ4n) is 2.75. The highest BCUT2D eigenvalue weighted by Crippen LogP contribution is 2.30. The number of hydrogen-bond donors (Lipinski definition) is 2. The van der Waals surface area contributed by atoms with Crippen LogP contribution in [0.2, 0.25) is 0 Å². The fourth-order valence-corrected chi connectivity index (χ4v) is 2.75. The summed E-state index contributed by atoms with van der Waals surface area (Å²) in [5, 5.41) is 6.68. The Labute approximate surface area is 145 Å². The van der Waals surface area contributed by atoms with E-state index in [1.54, 1.807) is 30.5 Å². The molecule has 5 heteroatoms. The molecule has 1 saturated carbocycles. The summed E-state index contributed by atoms with van der Waals surface area (Å²) in [7, 11) is 0. The van der Waals surface area contributed by atoms with E-state index in [1.807, 2.05) is 30.3 Å². The number of amides is 2. The van der Waals surface area contributed by atoms with Gasteiger partial charge >= 0.3 is 0 Å². The fraction of sp³-hybridized carbons (Fsp3) is 0.150. The zero-order valence-corrected chi connectivity index (χ0v) is 13.5. The van der Waals surface area contributed by atoms with Crippen molar-refractivity contribution in [2.75, 3.05) is 10.6 Å². The van der Waals surface area contributed by atoms with E-state index in [1.165, 1.54) is 0 Å². The van der Waals surface area contributed by atoms with Crippen molar-refractivity contribution in [3.8, 4) is 0 Å². The lowest BCUT2D eigenvalue weighted by atomic mass is 10.1. The molecule has 124 valence electrons. The zero-order valence-electron chi connectivity index (χ0n) is 13.5. The number of benzene rings is 2. The Hall–Kier alpha value is -3.21. The van der Waals surface area contributed by atoms with Gasteiger partial charge in [0, 0.05) is 28.9 Å². The highest BCUT2D eigenvalue weighted by atomic mass is 16.2. The van der Waals surface area contributed by atoms with Crippen LogP contribution in [0.25, 0.3) is 10.9 Å². The molecule has 2 N–H and O–H groups in total. The van der Waals surface area contributed by atoms with Crippen LogP contribution >= 0.6 is 0 Å². The largest absolute Gasteiger partial charge is 0.326 e. The van der Waals surface area contributed by atoms with Crippen molar-refractivity contribution >= 4 is 34.1 Å². The van der Waals surface area contributed by atoms with E-state index in [0.717, 1.165) is 18.2 Å². The van der Waals surface area contributed by atoms with E-state index in [4.69, 9.17) is 0 Å². The second kappa shape index (κ2) is 6.36. The number of carbonyl (C=O) groups is 2. The first-order valence-corrected chi connectivity index (χ1v) is 8.27. The first kappa shape index (κ1) is 15.3. The molecule has 0 unspecified atom stereocenters. The number of nitrogens with one attached hydrogen (secondary N) is 2. The van der Waals surface area contributed by atoms with E-state index < -0.39 is 0 Å². The monoisotopic (exact) mass is 331 g/mol. The highest BCUT2D eigenvalue weighted by Gasteiger charge is 2.29. The second-order valence-electron chi connectivity index (χ2n) is 6.18. The third-order valence-corrected chi connectivity index (χ3v) is 4.21. The van der Waals surface area contributed by atoms with Gasteiger partial charge in [-0.3, -0.25) is 14.6 Å². The number of anilines is 2. The number of carbonyl (C=O) groups excluding carboxylic acids is 2. The van der Waals surface area contributed by atoms with Crippen LogP contribution in [0, 0.1) is 5.92 Å². The zero-order chi connectivity index (χ0) is 17.2. The van der Waals surface area contributed by atoms with Gasteiger partial charge in [0.1, 0.15) is 0 Å². The maximum atomic E-state index is 12.6. The van der Waals surface area contributed by atoms with Crippen molar-refractivity contribution in [3.05, 3.63) is 66.4 Å². The van der Waals surface area contributed by atoms with E-state index in [9.17, 15) is 9.59 Å². The number of aromatic nitrogens is 1. The van der Waals surface area contributed by atoms with Crippen LogP contribution in [0.15, 0.2) is 60.8 Å². The number of para-hydroxylation sites is 1. The maximum Gasteiger partial charge on any atom is 0.257 e. The lowest BCUT2D eigenvalue weighted by Gasteiger charge is -2.10. The standard InChI is InChI=1S/C20H17N3O2/c24-19(14-9-10-14)22-15-6-2-7-16(12-15)23-20(25)17-8-1-4-13-5-3-11-21-18(13)17/h1-8,11-12,14H,9-10H2,(H,22,24)(H,23,25). The molecule has 0 bridgehead atoms. The third-order valence-electron chi connectivity index (χ3n) is 4.21. The Morgan fingerprint density at radius 1 is 0.920 bits per heavy atom. The van der Waals surface area contributed by atoms with Crippen LogP contribution in [0.3, 0.4) is 0 Å². The summed E-state index contributed by atoms with van der Waals surface area (Å²) in [6.45, 7) is 0. The SMILES string of the molecule is O=C(Nc1cccc(NC(=O)C2CC2)c1)c1cccc2cccnc12. The Morgan fingerprint density at radius 3 is 2.44 bits per heavy atom. The van der Waals surface area contributed by atoms with Gasteiger partial charge in [0.2, 0.25) is 5.91 Å². The van der Waals surface area contributed by atoms with Crippen molar-refractivity contribution in [1.82, 2.24) is 4.98 Å². The van der Waals surface area contributed by atoms with Crippen LogP contribution in [-0.4, -0.2) is 16.8 Å². The molecular weight excluding hydrogens is 314 g/mol. The van der Waals surface area contributed by atoms with Crippen molar-refractivity contribution < 1.29 is 9.59 Å². The summed E-state index contributed by atoms with van der Waals surface area (Å²) >= 11 is 0. The van der Waals surface area contributed by atoms with Crippen molar-refractivity contribution in [1.29, 1.82) is 0 Å². The average molecular weight is 331 g/mol. The van der Waals surface area contributed by atoms with Crippen LogP contribution in [0.4, 0.5) is 11.4 Å². The molecule has 0 spiro atoms. The van der Waals surface area contributed by atoms with Crippen LogP contribution in [0.1, 0.15) is 23.2 Å². The van der Waals surface area contributed by atoms with E-state index in [0.29, 0.717) is 22.5 Å². The lowest BCUT2D eigenvalue weighted by molar-refractivity contribution is -0.117. The third kappa shape index (κ3) is 3.35. The van der Waals surface area contributed by atoms with E-state index in [-0.39, 0.29) is 17.7 Å². The molecule has 2 amide bonds. The molecule has 0 radical (unpaired) electrons. The van der Waals surface area contributed by atoms with Crippen LogP contribution in [-0.2, 0) is 4.79 Å². The lowest BCUT2D eigenvalue weighted by Crippen LogP contribution is -2.15. The molecule has 1 fully saturated rings. The molecule has 25 heavy (non-hydrogen) atoms. The minimum absolute atomic E-state index is 0.0433. The van der Waals surface area contributed by atoms with Gasteiger partial charge in [0.25, 0.3) is 5.91 Å². The number of fused-ring (bicyclic) bond motifs is 1. The van der Waals surface area contributed by atoms with Gasteiger partial charge in [0.05, 0.1) is 11.1 Å². The quantitative estimate of drug-likeness (QED) is 0.763. The summed E-state index contributed by atoms with van der Waals surface area (Å²) in [5.74, 6) is -0.0447. The van der Waals surface area contributed by atoms with Gasteiger partial charge in [-0.05, 0) is 43.2 Å². The number of rotatable bonds is 4. The minimum atomic E-state index is -0.227. The van der Waals surface area contributed by atoms with Crippen LogP contribution < -0.4 is 10.6 Å². The van der Waals surface area contributed by atoms with Crippen LogP contribution in [0.5, 0.6) is 0 Å². The molecule has 3 aromatic rings. The predicted octanol–water partition coefficient (Wildman–Crippen LogP) is 3.84. The van der Waals surface area contributed by atoms with Gasteiger partial charge in [-0.15, -0.1) is 0 Å². The molecule has 1 aliphatic rings. The number of hydrogen-bond acceptors (Lipinski definition) is 3. The number of pyridine rings is 1. The topological polar surface area (TPSA) is 71.1 Å². The Bertz CT molecular complexity index is 959. The Balaban J connectivity index is 1.55. The summed E-state index contributed by atoms with van der Waals surface area (Å²) in [5.41, 5.74) is 2.50. The van der Waals surface area contributed by atoms with Crippen molar-refractivity contribution in [2.24, 2.45) is 5.92 Å². The molecular formula is C20H17N3O2. The van der Waals surface area contributed by atoms with E-state index >= 15 is 0 Å². The molecule has 5 nitrogen and oxygen atoms in total. The van der Waals surface area contributed by atoms with Crippen molar-refractivity contribution in [3.63, 3.8) is 0 Å². The molecule has 0 saturated heterocycles. The first-order chi connectivity index (χ1) is 12.2. The predicted molar refractivity (Wildman–Crippen MR) is 97.5 cm³/mol. The van der Waals surface area contributed by atoms with Gasteiger partial charge in [0.15, 0.2) is 0 Å². The maximum absolute atomic E-state index is 12.6. The summed E-state index contributed by atoms with van der Waals surface area (Å²) in [4.78, 5) is 28.8. The molecule has 1 aliphatic carbocycles. The molecule has 1 aromatic heterocycles. The number of nitrogens with zero attached hydrogens (tertiary/aromatic N) is 1. The van der Waals surface area contributed by atoms with Gasteiger partial charge < -0.3 is 10.6 Å². The van der Waals surface area contributed by atoms with Gasteiger partial charge in [-0.25, -0.2) is 0 Å². The summed E-state index contributed by atoms with van der Waals surface area (Å²) in [6.07, 6.45) is 3.58. The van der Waals surface area contributed by atoms with Gasteiger partial charge in [-0.1, -0.05) is 24.3 Å². The summed E-state index contributed by atoms with van der Waals surface area (Å²) < 4.78 is 0. The Morgan fingerprint density at radius 2 is 1.64 bits per heavy atom. The molecule has 1 heterocycles. The molecule has 0 atom stereocenters. The average Bonchev–Trinajstić information content (AvgIpc) is 3.47. The van der Waals surface area contributed by atoms with Gasteiger partial charge in [-0.2, -0.15) is 0 Å². The molecule has 2 aromatic carbocycles. The van der Waals surface area contributed by atoms with E-state index in [2.05, 4.69) is 15.6 Å².